The van der Waals surface area contributed by atoms with Crippen molar-refractivity contribution < 1.29 is 9.53 Å². The van der Waals surface area contributed by atoms with Gasteiger partial charge >= 0.3 is 6.09 Å². The summed E-state index contributed by atoms with van der Waals surface area (Å²) < 4.78 is 5.16. The third-order valence-electron chi connectivity index (χ3n) is 3.26. The number of benzene rings is 2. The Balaban J connectivity index is 2.29. The molecule has 0 fully saturated rings. The fourth-order valence-corrected chi connectivity index (χ4v) is 2.24. The molecule has 0 atom stereocenters. The molecule has 21 heavy (non-hydrogen) atoms. The lowest BCUT2D eigenvalue weighted by atomic mass is 10.0. The first kappa shape index (κ1) is 15.1. The van der Waals surface area contributed by atoms with Crippen LogP contribution in [-0.4, -0.2) is 12.6 Å². The Kier molecular flexibility index (Phi) is 5.35. The summed E-state index contributed by atoms with van der Waals surface area (Å²) in [4.78, 5) is 11.1. The number of ether oxygens (including phenoxy) is 1. The molecule has 110 valence electrons. The number of carbonyl (C=O) groups excluding carboxylic acids is 1. The van der Waals surface area contributed by atoms with Crippen LogP contribution in [0.1, 0.15) is 18.4 Å². The molecule has 0 aliphatic heterocycles. The van der Waals surface area contributed by atoms with Gasteiger partial charge < -0.3 is 16.2 Å². The first-order valence-electron chi connectivity index (χ1n) is 7.06. The van der Waals surface area contributed by atoms with E-state index in [4.69, 9.17) is 16.2 Å². The molecule has 0 aromatic heterocycles. The third kappa shape index (κ3) is 4.33. The molecule has 1 amide bonds. The molecule has 0 saturated heterocycles. The van der Waals surface area contributed by atoms with Gasteiger partial charge in [-0.15, -0.1) is 0 Å². The largest absolute Gasteiger partial charge is 0.410 e. The molecule has 2 aromatic rings. The fraction of sp³-hybridized carbons (Fsp3) is 0.235. The van der Waals surface area contributed by atoms with Gasteiger partial charge in [0.25, 0.3) is 0 Å². The van der Waals surface area contributed by atoms with Crippen molar-refractivity contribution in [1.82, 2.24) is 0 Å². The lowest BCUT2D eigenvalue weighted by molar-refractivity contribution is 0.211. The maximum atomic E-state index is 11.1. The average Bonchev–Trinajstić information content (AvgIpc) is 2.48. The summed E-state index contributed by atoms with van der Waals surface area (Å²) in [5, 5.41) is 0. The molecule has 0 bridgehead atoms. The number of rotatable bonds is 6. The predicted molar refractivity (Wildman–Crippen MR) is 84.1 cm³/mol. The maximum absolute atomic E-state index is 11.1. The van der Waals surface area contributed by atoms with Gasteiger partial charge in [-0.3, -0.25) is 0 Å². The highest BCUT2D eigenvalue weighted by atomic mass is 16.5. The molecule has 0 aliphatic rings. The van der Waals surface area contributed by atoms with Crippen molar-refractivity contribution in [3.05, 3.63) is 54.1 Å². The molecule has 0 spiro atoms. The zero-order valence-corrected chi connectivity index (χ0v) is 11.9. The van der Waals surface area contributed by atoms with Gasteiger partial charge in [0, 0.05) is 5.56 Å². The highest BCUT2D eigenvalue weighted by molar-refractivity contribution is 5.76. The van der Waals surface area contributed by atoms with Crippen LogP contribution in [0.15, 0.2) is 48.5 Å². The lowest BCUT2D eigenvalue weighted by Crippen LogP contribution is -2.16. The van der Waals surface area contributed by atoms with Crippen molar-refractivity contribution in [3.63, 3.8) is 0 Å². The predicted octanol–water partition coefficient (Wildman–Crippen LogP) is 3.09. The number of aryl methyl sites for hydroxylation is 1. The van der Waals surface area contributed by atoms with Gasteiger partial charge in [-0.1, -0.05) is 42.5 Å². The van der Waals surface area contributed by atoms with Crippen molar-refractivity contribution in [1.29, 1.82) is 0 Å². The lowest BCUT2D eigenvalue weighted by Gasteiger charge is -2.11. The first-order valence-corrected chi connectivity index (χ1v) is 7.06. The quantitative estimate of drug-likeness (QED) is 0.800. The van der Waals surface area contributed by atoms with Crippen molar-refractivity contribution in [2.45, 2.75) is 19.3 Å². The molecule has 0 aliphatic carbocycles. The maximum Gasteiger partial charge on any atom is 0.409 e. The SMILES string of the molecule is NCCCCc1ccc(-c2ccccc2)c(OC(N)=O)c1. The van der Waals surface area contributed by atoms with Gasteiger partial charge in [0.2, 0.25) is 0 Å². The highest BCUT2D eigenvalue weighted by Gasteiger charge is 2.10. The van der Waals surface area contributed by atoms with E-state index in [0.29, 0.717) is 12.3 Å². The van der Waals surface area contributed by atoms with Crippen LogP contribution >= 0.6 is 0 Å². The normalized spacial score (nSPS) is 10.3. The van der Waals surface area contributed by atoms with E-state index in [1.807, 2.05) is 48.5 Å². The Morgan fingerprint density at radius 2 is 1.81 bits per heavy atom. The molecule has 4 N–H and O–H groups in total. The standard InChI is InChI=1S/C17H20N2O2/c18-11-5-4-6-13-9-10-15(14-7-2-1-3-8-14)16(12-13)21-17(19)20/h1-3,7-10,12H,4-6,11,18H2,(H2,19,20). The van der Waals surface area contributed by atoms with Crippen LogP contribution in [0.3, 0.4) is 0 Å². The average molecular weight is 284 g/mol. The van der Waals surface area contributed by atoms with E-state index in [0.717, 1.165) is 36.0 Å². The summed E-state index contributed by atoms with van der Waals surface area (Å²) in [5.74, 6) is 0.499. The molecule has 4 heteroatoms. The summed E-state index contributed by atoms with van der Waals surface area (Å²) in [6.45, 7) is 0.687. The van der Waals surface area contributed by atoms with Crippen LogP contribution in [0, 0.1) is 0 Å². The van der Waals surface area contributed by atoms with Crippen molar-refractivity contribution in [2.24, 2.45) is 11.5 Å². The Bertz CT molecular complexity index is 597. The zero-order valence-electron chi connectivity index (χ0n) is 11.9. The summed E-state index contributed by atoms with van der Waals surface area (Å²) in [7, 11) is 0. The number of amides is 1. The number of primary amides is 1. The Morgan fingerprint density at radius 1 is 1.05 bits per heavy atom. The van der Waals surface area contributed by atoms with Gasteiger partial charge in [-0.05, 0) is 43.0 Å². The van der Waals surface area contributed by atoms with E-state index in [9.17, 15) is 4.79 Å². The number of hydrogen-bond acceptors (Lipinski definition) is 3. The fourth-order valence-electron chi connectivity index (χ4n) is 2.24. The van der Waals surface area contributed by atoms with Crippen LogP contribution in [0.5, 0.6) is 5.75 Å². The number of carbonyl (C=O) groups is 1. The molecule has 4 nitrogen and oxygen atoms in total. The molecule has 0 saturated carbocycles. The summed E-state index contributed by atoms with van der Waals surface area (Å²) in [5.41, 5.74) is 13.6. The monoisotopic (exact) mass is 284 g/mol. The van der Waals surface area contributed by atoms with Crippen molar-refractivity contribution >= 4 is 6.09 Å². The van der Waals surface area contributed by atoms with Gasteiger partial charge in [0.15, 0.2) is 0 Å². The van der Waals surface area contributed by atoms with E-state index in [1.165, 1.54) is 0 Å². The van der Waals surface area contributed by atoms with E-state index in [-0.39, 0.29) is 0 Å². The van der Waals surface area contributed by atoms with Crippen LogP contribution in [-0.2, 0) is 6.42 Å². The first-order chi connectivity index (χ1) is 10.2. The molecule has 0 radical (unpaired) electrons. The van der Waals surface area contributed by atoms with Crippen LogP contribution in [0.2, 0.25) is 0 Å². The second-order valence-electron chi connectivity index (χ2n) is 4.86. The minimum absolute atomic E-state index is 0.499. The number of hydrogen-bond donors (Lipinski definition) is 2. The van der Waals surface area contributed by atoms with Gasteiger partial charge in [-0.25, -0.2) is 4.79 Å². The Morgan fingerprint density at radius 3 is 2.48 bits per heavy atom. The minimum atomic E-state index is -0.800. The second-order valence-corrected chi connectivity index (χ2v) is 4.86. The van der Waals surface area contributed by atoms with Crippen molar-refractivity contribution in [2.75, 3.05) is 6.54 Å². The Labute approximate surface area is 124 Å². The molecule has 0 heterocycles. The molecule has 2 rings (SSSR count). The van der Waals surface area contributed by atoms with Crippen molar-refractivity contribution in [3.8, 4) is 16.9 Å². The van der Waals surface area contributed by atoms with Gasteiger partial charge in [0.05, 0.1) is 0 Å². The van der Waals surface area contributed by atoms with Gasteiger partial charge in [0.1, 0.15) is 5.75 Å². The molecule has 0 unspecified atom stereocenters. The summed E-state index contributed by atoms with van der Waals surface area (Å²) >= 11 is 0. The third-order valence-corrected chi connectivity index (χ3v) is 3.26. The molecular formula is C17H20N2O2. The van der Waals surface area contributed by atoms with Crippen LogP contribution in [0.25, 0.3) is 11.1 Å². The zero-order chi connectivity index (χ0) is 15.1. The van der Waals surface area contributed by atoms with E-state index in [1.54, 1.807) is 0 Å². The summed E-state index contributed by atoms with van der Waals surface area (Å²) in [6, 6.07) is 15.7. The number of nitrogens with two attached hydrogens (primary N) is 2. The minimum Gasteiger partial charge on any atom is -0.410 e. The summed E-state index contributed by atoms with van der Waals surface area (Å²) in [6.07, 6.45) is 2.09. The second kappa shape index (κ2) is 7.45. The topological polar surface area (TPSA) is 78.3 Å². The highest BCUT2D eigenvalue weighted by Crippen LogP contribution is 2.31. The number of unbranched alkanes of at least 4 members (excludes halogenated alkanes) is 1. The van der Waals surface area contributed by atoms with E-state index < -0.39 is 6.09 Å². The van der Waals surface area contributed by atoms with Crippen LogP contribution in [0.4, 0.5) is 4.79 Å². The molecular weight excluding hydrogens is 264 g/mol. The van der Waals surface area contributed by atoms with Crippen LogP contribution < -0.4 is 16.2 Å². The Hall–Kier alpha value is -2.33. The van der Waals surface area contributed by atoms with E-state index in [2.05, 4.69) is 0 Å². The smallest absolute Gasteiger partial charge is 0.409 e. The molecule has 2 aromatic carbocycles. The van der Waals surface area contributed by atoms with Gasteiger partial charge in [-0.2, -0.15) is 0 Å². The van der Waals surface area contributed by atoms with E-state index >= 15 is 0 Å².